The molecule has 0 saturated heterocycles. The average molecular weight is 128 g/mol. The summed E-state index contributed by atoms with van der Waals surface area (Å²) in [6, 6.07) is 0. The third-order valence-electron chi connectivity index (χ3n) is 0.641. The monoisotopic (exact) mass is 128 g/mol. The van der Waals surface area contributed by atoms with Crippen molar-refractivity contribution in [2.45, 2.75) is 6.32 Å². The zero-order valence-corrected chi connectivity index (χ0v) is 6.66. The van der Waals surface area contributed by atoms with Gasteiger partial charge in [-0.05, 0) is 18.8 Å². The van der Waals surface area contributed by atoms with Crippen LogP contribution in [0.1, 0.15) is 0 Å². The lowest BCUT2D eigenvalue weighted by Crippen LogP contribution is -1.83. The molecule has 0 N–H and O–H groups in total. The Balaban J connectivity index is 3.52. The predicted molar refractivity (Wildman–Crippen MR) is 45.1 cm³/mol. The van der Waals surface area contributed by atoms with Gasteiger partial charge in [0.2, 0.25) is 0 Å². The van der Waals surface area contributed by atoms with E-state index in [9.17, 15) is 0 Å². The molecule has 0 rings (SSSR count). The molecule has 46 valence electrons. The Labute approximate surface area is 55.1 Å². The number of hydrogen-bond acceptors (Lipinski definition) is 0. The Bertz CT molecular complexity index is 81.0. The zero-order chi connectivity index (χ0) is 6.62. The molecule has 0 saturated carbocycles. The first-order chi connectivity index (χ1) is 3.56. The molecule has 0 aromatic carbocycles. The van der Waals surface area contributed by atoms with Crippen molar-refractivity contribution in [1.29, 1.82) is 0 Å². The number of rotatable bonds is 2. The normalized spacial score (nSPS) is 14.9. The Morgan fingerprint density at radius 2 is 1.88 bits per heavy atom. The van der Waals surface area contributed by atoms with E-state index in [-0.39, 0.29) is 0 Å². The molecule has 0 aromatic heterocycles. The van der Waals surface area contributed by atoms with Crippen LogP contribution in [0, 0.1) is 0 Å². The van der Waals surface area contributed by atoms with Gasteiger partial charge >= 0.3 is 0 Å². The summed E-state index contributed by atoms with van der Waals surface area (Å²) in [4.78, 5) is 0. The summed E-state index contributed by atoms with van der Waals surface area (Å²) in [7, 11) is 4.82. The highest BCUT2D eigenvalue weighted by atomic mass is 32.3. The lowest BCUT2D eigenvalue weighted by atomic mass is 10.1. The zero-order valence-electron chi connectivity index (χ0n) is 5.85. The molecule has 0 nitrogen and oxygen atoms in total. The predicted octanol–water partition coefficient (Wildman–Crippen LogP) is 1.78. The maximum absolute atomic E-state index is 5.26. The second kappa shape index (κ2) is 3.23. The van der Waals surface area contributed by atoms with Crippen LogP contribution in [0.3, 0.4) is 0 Å². The average Bonchev–Trinajstić information content (AvgIpc) is 1.59. The summed E-state index contributed by atoms with van der Waals surface area (Å²) in [6.07, 6.45) is 9.40. The number of allylic oxidation sites excluding steroid dienone is 1. The largest absolute Gasteiger partial charge is 0.230 e. The summed E-state index contributed by atoms with van der Waals surface area (Å²) in [5.41, 5.74) is 0. The lowest BCUT2D eigenvalue weighted by Gasteiger charge is -2.18. The van der Waals surface area contributed by atoms with Crippen LogP contribution in [0.5, 0.6) is 0 Å². The molecule has 0 spiro atoms. The first-order valence-corrected chi connectivity index (χ1v) is 5.53. The van der Waals surface area contributed by atoms with Gasteiger partial charge in [0.1, 0.15) is 0 Å². The van der Waals surface area contributed by atoms with Gasteiger partial charge in [-0.25, -0.2) is 10.0 Å². The van der Waals surface area contributed by atoms with Gasteiger partial charge in [-0.1, -0.05) is 17.8 Å². The van der Waals surface area contributed by atoms with Crippen LogP contribution in [0.15, 0.2) is 11.5 Å². The minimum absolute atomic E-state index is 0.447. The van der Waals surface area contributed by atoms with Crippen molar-refractivity contribution in [1.82, 2.24) is 0 Å². The highest BCUT2D eigenvalue weighted by molar-refractivity contribution is 8.34. The van der Waals surface area contributed by atoms with Crippen LogP contribution in [-0.2, 0) is 0 Å². The molecule has 8 heavy (non-hydrogen) atoms. The van der Waals surface area contributed by atoms with Gasteiger partial charge in [0.25, 0.3) is 0 Å². The Morgan fingerprint density at radius 1 is 1.38 bits per heavy atom. The minimum Gasteiger partial charge on any atom is -0.230 e. The van der Waals surface area contributed by atoms with Crippen LogP contribution in [0.4, 0.5) is 0 Å². The van der Waals surface area contributed by atoms with Crippen molar-refractivity contribution in [3.8, 4) is 0 Å². The van der Waals surface area contributed by atoms with E-state index in [0.29, 0.717) is 6.32 Å². The van der Waals surface area contributed by atoms with Crippen molar-refractivity contribution >= 4 is 17.9 Å². The van der Waals surface area contributed by atoms with E-state index >= 15 is 0 Å². The molecule has 0 heterocycles. The summed E-state index contributed by atoms with van der Waals surface area (Å²) in [5.74, 6) is 0. The minimum atomic E-state index is -0.447. The summed E-state index contributed by atoms with van der Waals surface area (Å²) in [6.45, 7) is 0. The topological polar surface area (TPSA) is 0 Å². The molecule has 0 fully saturated rings. The number of hydrogen-bond donors (Lipinski definition) is 0. The van der Waals surface area contributed by atoms with E-state index in [2.05, 4.69) is 24.2 Å². The van der Waals surface area contributed by atoms with Gasteiger partial charge in [0, 0.05) is 0 Å². The molecule has 0 aromatic rings. The standard InChI is InChI=1S/C6H13BS/c1-8(2,3)6-4-5-7/h4,6H,5H2,1-3H3/b6-4+. The molecule has 0 aliphatic carbocycles. The Hall–Kier alpha value is 0.155. The highest BCUT2D eigenvalue weighted by Crippen LogP contribution is 2.35. The third kappa shape index (κ3) is 6.15. The van der Waals surface area contributed by atoms with Gasteiger partial charge in [-0.3, -0.25) is 0 Å². The second-order valence-electron chi connectivity index (χ2n) is 2.54. The summed E-state index contributed by atoms with van der Waals surface area (Å²) < 4.78 is 0. The molecular formula is C6H13BS. The van der Waals surface area contributed by atoms with Crippen molar-refractivity contribution in [2.75, 3.05) is 18.8 Å². The van der Waals surface area contributed by atoms with E-state index in [4.69, 9.17) is 7.85 Å². The molecule has 0 amide bonds. The molecule has 2 radical (unpaired) electrons. The SMILES string of the molecule is [B]C/C=C/S(C)(C)C. The van der Waals surface area contributed by atoms with Crippen LogP contribution < -0.4 is 0 Å². The van der Waals surface area contributed by atoms with Crippen LogP contribution in [0.25, 0.3) is 0 Å². The van der Waals surface area contributed by atoms with Crippen molar-refractivity contribution < 1.29 is 0 Å². The lowest BCUT2D eigenvalue weighted by molar-refractivity contribution is 1.74. The fraction of sp³-hybridized carbons (Fsp3) is 0.667. The first-order valence-electron chi connectivity index (χ1n) is 2.61. The molecular weight excluding hydrogens is 115 g/mol. The molecule has 0 aliphatic rings. The van der Waals surface area contributed by atoms with Gasteiger partial charge < -0.3 is 0 Å². The van der Waals surface area contributed by atoms with E-state index in [1.165, 1.54) is 0 Å². The van der Waals surface area contributed by atoms with E-state index in [1.54, 1.807) is 0 Å². The van der Waals surface area contributed by atoms with Crippen molar-refractivity contribution in [3.63, 3.8) is 0 Å². The van der Waals surface area contributed by atoms with E-state index < -0.39 is 10.0 Å². The fourth-order valence-corrected chi connectivity index (χ4v) is 1.03. The van der Waals surface area contributed by atoms with Gasteiger partial charge in [0.05, 0.1) is 7.85 Å². The molecule has 0 unspecified atom stereocenters. The Morgan fingerprint density at radius 3 is 2.00 bits per heavy atom. The molecule has 0 bridgehead atoms. The second-order valence-corrected chi connectivity index (χ2v) is 6.68. The maximum atomic E-state index is 5.26. The van der Waals surface area contributed by atoms with Gasteiger partial charge in [-0.2, -0.15) is 0 Å². The molecule has 2 heteroatoms. The fourth-order valence-electron chi connectivity index (χ4n) is 0.344. The van der Waals surface area contributed by atoms with Gasteiger partial charge in [-0.15, -0.1) is 0 Å². The highest BCUT2D eigenvalue weighted by Gasteiger charge is 1.93. The molecule has 0 atom stereocenters. The van der Waals surface area contributed by atoms with Crippen LogP contribution in [0.2, 0.25) is 6.32 Å². The van der Waals surface area contributed by atoms with E-state index in [1.807, 2.05) is 6.08 Å². The Kier molecular flexibility index (Phi) is 3.30. The van der Waals surface area contributed by atoms with Crippen LogP contribution in [-0.4, -0.2) is 26.6 Å². The van der Waals surface area contributed by atoms with Crippen LogP contribution >= 0.6 is 10.0 Å². The first kappa shape index (κ1) is 8.15. The summed E-state index contributed by atoms with van der Waals surface area (Å²) >= 11 is 0. The van der Waals surface area contributed by atoms with Crippen molar-refractivity contribution in [3.05, 3.63) is 11.5 Å². The third-order valence-corrected chi connectivity index (χ3v) is 1.65. The van der Waals surface area contributed by atoms with Crippen molar-refractivity contribution in [2.24, 2.45) is 0 Å². The maximum Gasteiger partial charge on any atom is 0.0708 e. The summed E-state index contributed by atoms with van der Waals surface area (Å²) in [5, 5.41) is 2.20. The van der Waals surface area contributed by atoms with E-state index in [0.717, 1.165) is 0 Å². The smallest absolute Gasteiger partial charge is 0.0708 e. The van der Waals surface area contributed by atoms with Gasteiger partial charge in [0.15, 0.2) is 0 Å². The molecule has 0 aliphatic heterocycles. The quantitative estimate of drug-likeness (QED) is 0.497.